The Kier molecular flexibility index (Phi) is 1.53. The molecule has 0 aromatic rings. The van der Waals surface area contributed by atoms with Crippen molar-refractivity contribution in [1.29, 1.82) is 0 Å². The van der Waals surface area contributed by atoms with Gasteiger partial charge in [0.1, 0.15) is 6.23 Å². The number of aliphatic hydroxyl groups is 1. The monoisotopic (exact) mass is 113 g/mol. The zero-order valence-corrected chi connectivity index (χ0v) is 5.04. The second-order valence-corrected chi connectivity index (χ2v) is 2.04. The average Bonchev–Trinajstić information content (AvgIpc) is 2.12. The minimum absolute atomic E-state index is 0.311. The van der Waals surface area contributed by atoms with E-state index in [9.17, 15) is 0 Å². The fraction of sp³-hybridized carbons (Fsp3) is 0.667. The largest absolute Gasteiger partial charge is 0.374 e. The second kappa shape index (κ2) is 2.18. The van der Waals surface area contributed by atoms with E-state index in [-0.39, 0.29) is 6.23 Å². The lowest BCUT2D eigenvalue weighted by molar-refractivity contribution is 0.0613. The van der Waals surface area contributed by atoms with Crippen molar-refractivity contribution in [2.75, 3.05) is 6.54 Å². The van der Waals surface area contributed by atoms with Gasteiger partial charge in [-0.2, -0.15) is 0 Å². The molecule has 0 aromatic heterocycles. The van der Waals surface area contributed by atoms with Crippen LogP contribution < -0.4 is 0 Å². The van der Waals surface area contributed by atoms with E-state index in [1.165, 1.54) is 0 Å². The lowest BCUT2D eigenvalue weighted by atomic mass is 10.5. The molecule has 1 rings (SSSR count). The Morgan fingerprint density at radius 2 is 2.50 bits per heavy atom. The first-order valence-corrected chi connectivity index (χ1v) is 2.91. The van der Waals surface area contributed by atoms with Crippen LogP contribution in [0, 0.1) is 0 Å². The van der Waals surface area contributed by atoms with Gasteiger partial charge in [-0.1, -0.05) is 6.08 Å². The molecule has 1 aliphatic heterocycles. The van der Waals surface area contributed by atoms with Crippen molar-refractivity contribution in [2.45, 2.75) is 19.6 Å². The maximum absolute atomic E-state index is 8.93. The Balaban J connectivity index is 2.36. The highest BCUT2D eigenvalue weighted by Crippen LogP contribution is 2.05. The molecular weight excluding hydrogens is 102 g/mol. The molecule has 0 aliphatic carbocycles. The van der Waals surface area contributed by atoms with Gasteiger partial charge in [0, 0.05) is 6.54 Å². The van der Waals surface area contributed by atoms with Gasteiger partial charge in [-0.3, -0.25) is 0 Å². The van der Waals surface area contributed by atoms with Gasteiger partial charge in [0.15, 0.2) is 0 Å². The first kappa shape index (κ1) is 5.63. The summed E-state index contributed by atoms with van der Waals surface area (Å²) in [5.41, 5.74) is 0. The van der Waals surface area contributed by atoms with Gasteiger partial charge in [-0.05, 0) is 19.5 Å². The average molecular weight is 113 g/mol. The minimum Gasteiger partial charge on any atom is -0.374 e. The SMILES string of the molecule is CC(O)N1C=CCC1. The Morgan fingerprint density at radius 3 is 2.75 bits per heavy atom. The molecule has 1 N–H and O–H groups in total. The summed E-state index contributed by atoms with van der Waals surface area (Å²) in [6.45, 7) is 2.74. The third-order valence-corrected chi connectivity index (χ3v) is 1.33. The molecule has 0 radical (unpaired) electrons. The number of hydrogen-bond donors (Lipinski definition) is 1. The zero-order chi connectivity index (χ0) is 5.98. The van der Waals surface area contributed by atoms with Crippen molar-refractivity contribution in [3.63, 3.8) is 0 Å². The van der Waals surface area contributed by atoms with Crippen molar-refractivity contribution in [3.8, 4) is 0 Å². The van der Waals surface area contributed by atoms with E-state index in [0.29, 0.717) is 0 Å². The van der Waals surface area contributed by atoms with Crippen LogP contribution >= 0.6 is 0 Å². The van der Waals surface area contributed by atoms with Crippen LogP contribution in [0.4, 0.5) is 0 Å². The van der Waals surface area contributed by atoms with E-state index >= 15 is 0 Å². The van der Waals surface area contributed by atoms with Gasteiger partial charge in [0.05, 0.1) is 0 Å². The maximum Gasteiger partial charge on any atom is 0.123 e. The summed E-state index contributed by atoms with van der Waals surface area (Å²) in [5.74, 6) is 0. The van der Waals surface area contributed by atoms with Gasteiger partial charge >= 0.3 is 0 Å². The van der Waals surface area contributed by atoms with Crippen molar-refractivity contribution in [2.24, 2.45) is 0 Å². The van der Waals surface area contributed by atoms with Gasteiger partial charge in [0.2, 0.25) is 0 Å². The zero-order valence-electron chi connectivity index (χ0n) is 5.04. The predicted octanol–water partition coefficient (Wildman–Crippen LogP) is 0.544. The molecule has 1 heterocycles. The number of hydrogen-bond acceptors (Lipinski definition) is 2. The summed E-state index contributed by atoms with van der Waals surface area (Å²) in [6.07, 6.45) is 4.76. The third kappa shape index (κ3) is 1.01. The molecule has 0 spiro atoms. The van der Waals surface area contributed by atoms with E-state index in [0.717, 1.165) is 13.0 Å². The fourth-order valence-electron chi connectivity index (χ4n) is 0.819. The molecular formula is C6H11NO. The van der Waals surface area contributed by atoms with Crippen molar-refractivity contribution in [1.82, 2.24) is 4.90 Å². The summed E-state index contributed by atoms with van der Waals surface area (Å²) in [5, 5.41) is 8.93. The molecule has 0 saturated carbocycles. The van der Waals surface area contributed by atoms with Gasteiger partial charge in [-0.15, -0.1) is 0 Å². The first-order chi connectivity index (χ1) is 3.80. The molecule has 46 valence electrons. The minimum atomic E-state index is -0.311. The Morgan fingerprint density at radius 1 is 1.75 bits per heavy atom. The first-order valence-electron chi connectivity index (χ1n) is 2.91. The number of nitrogens with zero attached hydrogens (tertiary/aromatic N) is 1. The Bertz CT molecular complexity index is 98.7. The van der Waals surface area contributed by atoms with Crippen LogP contribution in [0.2, 0.25) is 0 Å². The van der Waals surface area contributed by atoms with Crippen LogP contribution in [0.15, 0.2) is 12.3 Å². The summed E-state index contributed by atoms with van der Waals surface area (Å²) in [6, 6.07) is 0. The lowest BCUT2D eigenvalue weighted by Crippen LogP contribution is -2.25. The summed E-state index contributed by atoms with van der Waals surface area (Å²) in [7, 11) is 0. The molecule has 0 fully saturated rings. The Hall–Kier alpha value is -0.500. The van der Waals surface area contributed by atoms with E-state index in [4.69, 9.17) is 5.11 Å². The third-order valence-electron chi connectivity index (χ3n) is 1.33. The van der Waals surface area contributed by atoms with E-state index in [2.05, 4.69) is 6.08 Å². The highest BCUT2D eigenvalue weighted by molar-refractivity contribution is 4.90. The standard InChI is InChI=1S/C6H11NO/c1-6(8)7-4-2-3-5-7/h2,4,6,8H,3,5H2,1H3. The summed E-state index contributed by atoms with van der Waals surface area (Å²) in [4.78, 5) is 1.90. The summed E-state index contributed by atoms with van der Waals surface area (Å²) < 4.78 is 0. The second-order valence-electron chi connectivity index (χ2n) is 2.04. The van der Waals surface area contributed by atoms with E-state index in [1.807, 2.05) is 11.1 Å². The molecule has 2 nitrogen and oxygen atoms in total. The summed E-state index contributed by atoms with van der Waals surface area (Å²) >= 11 is 0. The number of rotatable bonds is 1. The van der Waals surface area contributed by atoms with Crippen molar-refractivity contribution < 1.29 is 5.11 Å². The molecule has 1 aliphatic rings. The molecule has 0 aromatic carbocycles. The fourth-order valence-corrected chi connectivity index (χ4v) is 0.819. The molecule has 8 heavy (non-hydrogen) atoms. The van der Waals surface area contributed by atoms with Crippen LogP contribution in [0.25, 0.3) is 0 Å². The molecule has 2 heteroatoms. The van der Waals surface area contributed by atoms with Gasteiger partial charge < -0.3 is 10.0 Å². The molecule has 0 amide bonds. The van der Waals surface area contributed by atoms with Crippen LogP contribution in [0.5, 0.6) is 0 Å². The van der Waals surface area contributed by atoms with Crippen LogP contribution in [0.1, 0.15) is 13.3 Å². The quantitative estimate of drug-likeness (QED) is 0.536. The molecule has 1 unspecified atom stereocenters. The van der Waals surface area contributed by atoms with Crippen LogP contribution in [-0.4, -0.2) is 22.8 Å². The number of aliphatic hydroxyl groups excluding tert-OH is 1. The van der Waals surface area contributed by atoms with Crippen LogP contribution in [-0.2, 0) is 0 Å². The van der Waals surface area contributed by atoms with Crippen molar-refractivity contribution in [3.05, 3.63) is 12.3 Å². The smallest absolute Gasteiger partial charge is 0.123 e. The lowest BCUT2D eigenvalue weighted by Gasteiger charge is -2.17. The van der Waals surface area contributed by atoms with Crippen molar-refractivity contribution >= 4 is 0 Å². The highest BCUT2D eigenvalue weighted by atomic mass is 16.3. The normalized spacial score (nSPS) is 22.0. The topological polar surface area (TPSA) is 23.5 Å². The van der Waals surface area contributed by atoms with Crippen LogP contribution in [0.3, 0.4) is 0 Å². The predicted molar refractivity (Wildman–Crippen MR) is 32.1 cm³/mol. The molecule has 1 atom stereocenters. The molecule has 0 bridgehead atoms. The Labute approximate surface area is 49.4 Å². The van der Waals surface area contributed by atoms with Gasteiger partial charge in [-0.25, -0.2) is 0 Å². The van der Waals surface area contributed by atoms with E-state index < -0.39 is 0 Å². The van der Waals surface area contributed by atoms with E-state index in [1.54, 1.807) is 6.92 Å². The highest BCUT2D eigenvalue weighted by Gasteiger charge is 2.07. The maximum atomic E-state index is 8.93. The molecule has 0 saturated heterocycles. The van der Waals surface area contributed by atoms with Gasteiger partial charge in [0.25, 0.3) is 0 Å².